The van der Waals surface area contributed by atoms with Gasteiger partial charge in [0.05, 0.1) is 11.9 Å². The fourth-order valence-electron chi connectivity index (χ4n) is 3.71. The number of rotatable bonds is 9. The van der Waals surface area contributed by atoms with Crippen LogP contribution in [0.5, 0.6) is 0 Å². The molecule has 0 fully saturated rings. The molecule has 0 aliphatic rings. The lowest BCUT2D eigenvalue weighted by Crippen LogP contribution is -2.55. The normalized spacial score (nSPS) is 12.7. The molecule has 9 heteroatoms. The van der Waals surface area contributed by atoms with E-state index in [0.29, 0.717) is 22.7 Å². The number of hydrogen-bond donors (Lipinski definition) is 1. The second kappa shape index (κ2) is 11.4. The Morgan fingerprint density at radius 1 is 1.06 bits per heavy atom. The number of benzene rings is 2. The summed E-state index contributed by atoms with van der Waals surface area (Å²) in [5, 5.41) is 3.31. The molecule has 0 aliphatic carbocycles. The van der Waals surface area contributed by atoms with Crippen LogP contribution in [0.25, 0.3) is 0 Å². The molecule has 2 aromatic rings. The van der Waals surface area contributed by atoms with Crippen LogP contribution in [-0.2, 0) is 26.2 Å². The fourth-order valence-corrected chi connectivity index (χ4v) is 4.77. The minimum atomic E-state index is -3.82. The molecule has 0 heterocycles. The highest BCUT2D eigenvalue weighted by Crippen LogP contribution is 2.27. The van der Waals surface area contributed by atoms with Crippen LogP contribution >= 0.6 is 11.6 Å². The van der Waals surface area contributed by atoms with Gasteiger partial charge in [0.15, 0.2) is 0 Å². The van der Waals surface area contributed by atoms with E-state index >= 15 is 0 Å². The Labute approximate surface area is 214 Å². The molecule has 2 rings (SSSR count). The van der Waals surface area contributed by atoms with Gasteiger partial charge >= 0.3 is 0 Å². The first-order valence-electron chi connectivity index (χ1n) is 11.5. The van der Waals surface area contributed by atoms with Crippen LogP contribution in [0.15, 0.2) is 42.5 Å². The Bertz CT molecular complexity index is 1160. The van der Waals surface area contributed by atoms with E-state index in [0.717, 1.165) is 21.7 Å². The summed E-state index contributed by atoms with van der Waals surface area (Å²) in [6, 6.07) is 11.8. The third-order valence-corrected chi connectivity index (χ3v) is 6.84. The molecule has 0 radical (unpaired) electrons. The summed E-state index contributed by atoms with van der Waals surface area (Å²) < 4.78 is 26.5. The zero-order valence-electron chi connectivity index (χ0n) is 21.6. The highest BCUT2D eigenvalue weighted by Gasteiger charge is 2.33. The Hall–Kier alpha value is -2.58. The van der Waals surface area contributed by atoms with Crippen LogP contribution < -0.4 is 9.62 Å². The molecule has 0 aromatic heterocycles. The number of nitrogens with zero attached hydrogens (tertiary/aromatic N) is 2. The number of sulfonamides is 1. The maximum absolute atomic E-state index is 13.7. The summed E-state index contributed by atoms with van der Waals surface area (Å²) in [6.45, 7) is 10.9. The third kappa shape index (κ3) is 8.25. The van der Waals surface area contributed by atoms with Crippen molar-refractivity contribution in [1.82, 2.24) is 10.2 Å². The standard InChI is InChI=1S/C26H36ClN3O4S/c1-8-22(25(32)28-26(4,5)6)29(16-20-12-9-18(2)10-13-20)24(31)17-30(35(7,33)34)23-15-21(27)14-11-19(23)3/h9-15,22H,8,16-17H2,1-7H3,(H,28,32)/t22-/m1/s1. The smallest absolute Gasteiger partial charge is 0.244 e. The van der Waals surface area contributed by atoms with E-state index in [-0.39, 0.29) is 12.5 Å². The quantitative estimate of drug-likeness (QED) is 0.528. The van der Waals surface area contributed by atoms with Crippen molar-refractivity contribution in [3.05, 3.63) is 64.2 Å². The van der Waals surface area contributed by atoms with E-state index in [2.05, 4.69) is 5.32 Å². The van der Waals surface area contributed by atoms with Crippen LogP contribution in [0.3, 0.4) is 0 Å². The van der Waals surface area contributed by atoms with E-state index in [1.165, 1.54) is 11.0 Å². The Balaban J connectivity index is 2.49. The van der Waals surface area contributed by atoms with Crippen LogP contribution in [-0.4, -0.2) is 49.5 Å². The number of halogens is 1. The van der Waals surface area contributed by atoms with Crippen molar-refractivity contribution in [2.24, 2.45) is 0 Å². The van der Waals surface area contributed by atoms with Gasteiger partial charge in [0.1, 0.15) is 12.6 Å². The first-order valence-corrected chi connectivity index (χ1v) is 13.8. The number of nitrogens with one attached hydrogen (secondary N) is 1. The van der Waals surface area contributed by atoms with Gasteiger partial charge in [0.2, 0.25) is 21.8 Å². The molecule has 1 atom stereocenters. The molecule has 35 heavy (non-hydrogen) atoms. The second-order valence-electron chi connectivity index (χ2n) is 9.87. The average molecular weight is 522 g/mol. The lowest BCUT2D eigenvalue weighted by atomic mass is 10.1. The van der Waals surface area contributed by atoms with Gasteiger partial charge in [-0.1, -0.05) is 54.4 Å². The SMILES string of the molecule is CC[C@H](C(=O)NC(C)(C)C)N(Cc1ccc(C)cc1)C(=O)CN(c1cc(Cl)ccc1C)S(C)(=O)=O. The molecule has 2 aromatic carbocycles. The lowest BCUT2D eigenvalue weighted by molar-refractivity contribution is -0.141. The third-order valence-electron chi connectivity index (χ3n) is 5.48. The van der Waals surface area contributed by atoms with Crippen molar-refractivity contribution < 1.29 is 18.0 Å². The van der Waals surface area contributed by atoms with Crippen LogP contribution in [0.2, 0.25) is 5.02 Å². The van der Waals surface area contributed by atoms with Crippen molar-refractivity contribution in [3.8, 4) is 0 Å². The molecule has 7 nitrogen and oxygen atoms in total. The van der Waals surface area contributed by atoms with Gasteiger partial charge < -0.3 is 10.2 Å². The second-order valence-corrected chi connectivity index (χ2v) is 12.2. The van der Waals surface area contributed by atoms with Crippen LogP contribution in [0.1, 0.15) is 50.8 Å². The van der Waals surface area contributed by atoms with Gasteiger partial charge in [-0.05, 0) is 64.3 Å². The molecule has 0 saturated heterocycles. The summed E-state index contributed by atoms with van der Waals surface area (Å²) in [7, 11) is -3.82. The van der Waals surface area contributed by atoms with Crippen molar-refractivity contribution in [3.63, 3.8) is 0 Å². The Morgan fingerprint density at radius 3 is 2.17 bits per heavy atom. The van der Waals surface area contributed by atoms with Gasteiger partial charge in [-0.3, -0.25) is 13.9 Å². The largest absolute Gasteiger partial charge is 0.350 e. The van der Waals surface area contributed by atoms with Crippen LogP contribution in [0, 0.1) is 13.8 Å². The summed E-state index contributed by atoms with van der Waals surface area (Å²) in [5.41, 5.74) is 2.42. The predicted octanol–water partition coefficient (Wildman–Crippen LogP) is 4.44. The predicted molar refractivity (Wildman–Crippen MR) is 142 cm³/mol. The maximum Gasteiger partial charge on any atom is 0.244 e. The fraction of sp³-hybridized carbons (Fsp3) is 0.462. The lowest BCUT2D eigenvalue weighted by Gasteiger charge is -2.34. The summed E-state index contributed by atoms with van der Waals surface area (Å²) in [4.78, 5) is 28.4. The Kier molecular flexibility index (Phi) is 9.36. The highest BCUT2D eigenvalue weighted by molar-refractivity contribution is 7.92. The average Bonchev–Trinajstić information content (AvgIpc) is 2.73. The molecule has 0 saturated carbocycles. The first kappa shape index (κ1) is 28.7. The molecule has 0 bridgehead atoms. The molecule has 192 valence electrons. The number of carbonyl (C=O) groups is 2. The number of aryl methyl sites for hydroxylation is 2. The molecule has 1 N–H and O–H groups in total. The molecular weight excluding hydrogens is 486 g/mol. The summed E-state index contributed by atoms with van der Waals surface area (Å²) in [5.74, 6) is -0.767. The van der Waals surface area contributed by atoms with E-state index < -0.39 is 34.1 Å². The first-order chi connectivity index (χ1) is 16.1. The minimum absolute atomic E-state index is 0.168. The Morgan fingerprint density at radius 2 is 1.66 bits per heavy atom. The summed E-state index contributed by atoms with van der Waals surface area (Å²) >= 11 is 6.14. The minimum Gasteiger partial charge on any atom is -0.350 e. The van der Waals surface area contributed by atoms with E-state index in [1.807, 2.05) is 58.9 Å². The molecule has 0 aliphatic heterocycles. The molecule has 0 unspecified atom stereocenters. The van der Waals surface area contributed by atoms with E-state index in [1.54, 1.807) is 19.1 Å². The number of carbonyl (C=O) groups excluding carboxylic acids is 2. The van der Waals surface area contributed by atoms with E-state index in [9.17, 15) is 18.0 Å². The van der Waals surface area contributed by atoms with Gasteiger partial charge in [-0.25, -0.2) is 8.42 Å². The van der Waals surface area contributed by atoms with Crippen molar-refractivity contribution in [1.29, 1.82) is 0 Å². The van der Waals surface area contributed by atoms with Gasteiger partial charge in [0, 0.05) is 17.1 Å². The number of amides is 2. The topological polar surface area (TPSA) is 86.8 Å². The summed E-state index contributed by atoms with van der Waals surface area (Å²) in [6.07, 6.45) is 1.42. The van der Waals surface area contributed by atoms with Crippen molar-refractivity contribution >= 4 is 39.1 Å². The number of anilines is 1. The van der Waals surface area contributed by atoms with Gasteiger partial charge in [-0.15, -0.1) is 0 Å². The van der Waals surface area contributed by atoms with Gasteiger partial charge in [-0.2, -0.15) is 0 Å². The number of hydrogen-bond acceptors (Lipinski definition) is 4. The van der Waals surface area contributed by atoms with Gasteiger partial charge in [0.25, 0.3) is 0 Å². The maximum atomic E-state index is 13.7. The van der Waals surface area contributed by atoms with E-state index in [4.69, 9.17) is 11.6 Å². The molecule has 0 spiro atoms. The zero-order valence-corrected chi connectivity index (χ0v) is 23.1. The van der Waals surface area contributed by atoms with Crippen LogP contribution in [0.4, 0.5) is 5.69 Å². The van der Waals surface area contributed by atoms with Crippen molar-refractivity contribution in [2.45, 2.75) is 66.1 Å². The molecular formula is C26H36ClN3O4S. The highest BCUT2D eigenvalue weighted by atomic mass is 35.5. The zero-order chi connectivity index (χ0) is 26.6. The monoisotopic (exact) mass is 521 g/mol. The molecule has 2 amide bonds. The van der Waals surface area contributed by atoms with Crippen molar-refractivity contribution in [2.75, 3.05) is 17.1 Å².